The highest BCUT2D eigenvalue weighted by Crippen LogP contribution is 2.17. The van der Waals surface area contributed by atoms with Crippen molar-refractivity contribution in [3.8, 4) is 0 Å². The lowest BCUT2D eigenvalue weighted by molar-refractivity contribution is -0.132. The van der Waals surface area contributed by atoms with Crippen molar-refractivity contribution in [1.29, 1.82) is 0 Å². The lowest BCUT2D eigenvalue weighted by Gasteiger charge is -2.34. The van der Waals surface area contributed by atoms with Crippen LogP contribution in [0.25, 0.3) is 11.1 Å². The number of sulfonamides is 1. The summed E-state index contributed by atoms with van der Waals surface area (Å²) in [5.41, 5.74) is 2.27. The van der Waals surface area contributed by atoms with E-state index >= 15 is 0 Å². The zero-order valence-corrected chi connectivity index (χ0v) is 16.8. The molecule has 0 radical (unpaired) electrons. The molecule has 1 aromatic heterocycles. The standard InChI is InChI=1S/C21H23N3O4S/c25-21(11-10-20-22-18-8-4-5-9-19(18)28-20)23-12-14-24(15-13-23)29(26,27)16-17-6-2-1-3-7-17/h1-9H,10-16H2. The van der Waals surface area contributed by atoms with Gasteiger partial charge in [-0.05, 0) is 17.7 Å². The predicted octanol–water partition coefficient (Wildman–Crippen LogP) is 2.43. The SMILES string of the molecule is O=C(CCc1nc2ccccc2o1)N1CCN(S(=O)(=O)Cc2ccccc2)CC1. The zero-order valence-electron chi connectivity index (χ0n) is 16.0. The molecule has 2 aromatic carbocycles. The number of hydrogen-bond acceptors (Lipinski definition) is 5. The third-order valence-electron chi connectivity index (χ3n) is 5.07. The van der Waals surface area contributed by atoms with E-state index in [9.17, 15) is 13.2 Å². The molecule has 1 aliphatic heterocycles. The highest BCUT2D eigenvalue weighted by atomic mass is 32.2. The third-order valence-corrected chi connectivity index (χ3v) is 6.92. The quantitative estimate of drug-likeness (QED) is 0.620. The summed E-state index contributed by atoms with van der Waals surface area (Å²) in [7, 11) is -3.39. The van der Waals surface area contributed by atoms with Crippen molar-refractivity contribution in [3.05, 3.63) is 66.1 Å². The van der Waals surface area contributed by atoms with E-state index in [1.165, 1.54) is 4.31 Å². The fourth-order valence-electron chi connectivity index (χ4n) is 3.49. The van der Waals surface area contributed by atoms with Crippen molar-refractivity contribution in [1.82, 2.24) is 14.2 Å². The van der Waals surface area contributed by atoms with Gasteiger partial charge in [0.05, 0.1) is 5.75 Å². The number of aromatic nitrogens is 1. The first kappa shape index (κ1) is 19.6. The Morgan fingerprint density at radius 2 is 1.66 bits per heavy atom. The summed E-state index contributed by atoms with van der Waals surface area (Å²) in [4.78, 5) is 18.6. The average molecular weight is 413 g/mol. The molecule has 0 aliphatic carbocycles. The van der Waals surface area contributed by atoms with Crippen LogP contribution >= 0.6 is 0 Å². The molecule has 0 saturated carbocycles. The summed E-state index contributed by atoms with van der Waals surface area (Å²) in [5.74, 6) is 0.524. The van der Waals surface area contributed by atoms with Crippen molar-refractivity contribution in [3.63, 3.8) is 0 Å². The van der Waals surface area contributed by atoms with Gasteiger partial charge in [0.25, 0.3) is 0 Å². The van der Waals surface area contributed by atoms with E-state index in [0.717, 1.165) is 11.1 Å². The second kappa shape index (κ2) is 8.34. The molecular weight excluding hydrogens is 390 g/mol. The molecule has 3 aromatic rings. The minimum Gasteiger partial charge on any atom is -0.441 e. The number of nitrogens with zero attached hydrogens (tertiary/aromatic N) is 3. The molecule has 1 fully saturated rings. The largest absolute Gasteiger partial charge is 0.441 e. The van der Waals surface area contributed by atoms with E-state index in [1.54, 1.807) is 4.90 Å². The summed E-state index contributed by atoms with van der Waals surface area (Å²) in [6.45, 7) is 1.45. The minimum atomic E-state index is -3.39. The lowest BCUT2D eigenvalue weighted by atomic mass is 10.2. The zero-order chi connectivity index (χ0) is 20.3. The van der Waals surface area contributed by atoms with Gasteiger partial charge in [0.1, 0.15) is 5.52 Å². The van der Waals surface area contributed by atoms with E-state index < -0.39 is 10.0 Å². The third kappa shape index (κ3) is 4.65. The number of rotatable bonds is 6. The molecule has 0 bridgehead atoms. The van der Waals surface area contributed by atoms with E-state index in [-0.39, 0.29) is 11.7 Å². The minimum absolute atomic E-state index is 0.00707. The van der Waals surface area contributed by atoms with E-state index in [4.69, 9.17) is 4.42 Å². The Morgan fingerprint density at radius 3 is 2.38 bits per heavy atom. The van der Waals surface area contributed by atoms with Crippen LogP contribution in [0.5, 0.6) is 0 Å². The van der Waals surface area contributed by atoms with Crippen molar-refractivity contribution in [2.45, 2.75) is 18.6 Å². The van der Waals surface area contributed by atoms with Crippen molar-refractivity contribution in [2.75, 3.05) is 26.2 Å². The molecule has 2 heterocycles. The van der Waals surface area contributed by atoms with Crippen LogP contribution in [-0.4, -0.2) is 54.7 Å². The number of piperazine rings is 1. The molecule has 0 spiro atoms. The number of aryl methyl sites for hydroxylation is 1. The molecule has 8 heteroatoms. The average Bonchev–Trinajstić information content (AvgIpc) is 3.15. The molecule has 4 rings (SSSR count). The first-order chi connectivity index (χ1) is 14.0. The van der Waals surface area contributed by atoms with Crippen LogP contribution in [0.15, 0.2) is 59.0 Å². The van der Waals surface area contributed by atoms with Crippen LogP contribution in [-0.2, 0) is 27.0 Å². The predicted molar refractivity (Wildman–Crippen MR) is 110 cm³/mol. The van der Waals surface area contributed by atoms with Gasteiger partial charge < -0.3 is 9.32 Å². The van der Waals surface area contributed by atoms with Crippen LogP contribution in [0.2, 0.25) is 0 Å². The van der Waals surface area contributed by atoms with E-state index in [0.29, 0.717) is 50.5 Å². The Kier molecular flexibility index (Phi) is 5.64. The van der Waals surface area contributed by atoms with Crippen LogP contribution in [0.3, 0.4) is 0 Å². The Morgan fingerprint density at radius 1 is 0.966 bits per heavy atom. The van der Waals surface area contributed by atoms with E-state index in [2.05, 4.69) is 4.98 Å². The Bertz CT molecular complexity index is 1050. The Hall–Kier alpha value is -2.71. The topological polar surface area (TPSA) is 83.7 Å². The Labute approximate surface area is 170 Å². The highest BCUT2D eigenvalue weighted by molar-refractivity contribution is 7.88. The molecule has 0 N–H and O–H groups in total. The number of benzene rings is 2. The monoisotopic (exact) mass is 413 g/mol. The first-order valence-electron chi connectivity index (χ1n) is 9.65. The fraction of sp³-hybridized carbons (Fsp3) is 0.333. The summed E-state index contributed by atoms with van der Waals surface area (Å²) in [6.07, 6.45) is 0.726. The summed E-state index contributed by atoms with van der Waals surface area (Å²) < 4.78 is 32.4. The Balaban J connectivity index is 1.29. The van der Waals surface area contributed by atoms with Crippen LogP contribution in [0, 0.1) is 0 Å². The van der Waals surface area contributed by atoms with Gasteiger partial charge in [-0.2, -0.15) is 4.31 Å². The number of oxazole rings is 1. The molecule has 152 valence electrons. The number of carbonyl (C=O) groups is 1. The normalized spacial score (nSPS) is 15.7. The second-order valence-electron chi connectivity index (χ2n) is 7.10. The van der Waals surface area contributed by atoms with Gasteiger partial charge in [-0.3, -0.25) is 4.79 Å². The molecule has 29 heavy (non-hydrogen) atoms. The van der Waals surface area contributed by atoms with Gasteiger partial charge in [0.2, 0.25) is 15.9 Å². The summed E-state index contributed by atoms with van der Waals surface area (Å²) in [5, 5.41) is 0. The number of para-hydroxylation sites is 2. The van der Waals surface area contributed by atoms with Gasteiger partial charge in [-0.1, -0.05) is 42.5 Å². The fourth-order valence-corrected chi connectivity index (χ4v) is 5.01. The van der Waals surface area contributed by atoms with Gasteiger partial charge in [-0.15, -0.1) is 0 Å². The maximum absolute atomic E-state index is 12.6. The molecule has 1 amide bonds. The summed E-state index contributed by atoms with van der Waals surface area (Å²) in [6, 6.07) is 16.6. The van der Waals surface area contributed by atoms with Crippen molar-refractivity contribution < 1.29 is 17.6 Å². The smallest absolute Gasteiger partial charge is 0.223 e. The maximum Gasteiger partial charge on any atom is 0.223 e. The van der Waals surface area contributed by atoms with Crippen LogP contribution in [0.1, 0.15) is 17.9 Å². The number of carbonyl (C=O) groups excluding carboxylic acids is 1. The molecular formula is C21H23N3O4S. The lowest BCUT2D eigenvalue weighted by Crippen LogP contribution is -2.50. The number of fused-ring (bicyclic) bond motifs is 1. The van der Waals surface area contributed by atoms with Gasteiger partial charge in [-0.25, -0.2) is 13.4 Å². The number of amides is 1. The van der Waals surface area contributed by atoms with Gasteiger partial charge in [0, 0.05) is 39.0 Å². The highest BCUT2D eigenvalue weighted by Gasteiger charge is 2.28. The molecule has 1 saturated heterocycles. The van der Waals surface area contributed by atoms with Gasteiger partial charge >= 0.3 is 0 Å². The molecule has 0 atom stereocenters. The first-order valence-corrected chi connectivity index (χ1v) is 11.3. The molecule has 7 nitrogen and oxygen atoms in total. The van der Waals surface area contributed by atoms with Crippen molar-refractivity contribution in [2.24, 2.45) is 0 Å². The van der Waals surface area contributed by atoms with Gasteiger partial charge in [0.15, 0.2) is 11.5 Å². The molecule has 0 unspecified atom stereocenters. The van der Waals surface area contributed by atoms with Crippen LogP contribution < -0.4 is 0 Å². The summed E-state index contributed by atoms with van der Waals surface area (Å²) >= 11 is 0. The maximum atomic E-state index is 12.6. The van der Waals surface area contributed by atoms with Crippen LogP contribution in [0.4, 0.5) is 0 Å². The number of hydrogen-bond donors (Lipinski definition) is 0. The molecule has 1 aliphatic rings. The van der Waals surface area contributed by atoms with Crippen molar-refractivity contribution >= 4 is 27.0 Å². The second-order valence-corrected chi connectivity index (χ2v) is 9.07. The van der Waals surface area contributed by atoms with E-state index in [1.807, 2.05) is 54.6 Å².